The van der Waals surface area contributed by atoms with Gasteiger partial charge in [-0.2, -0.15) is 9.78 Å². The van der Waals surface area contributed by atoms with Gasteiger partial charge in [0.2, 0.25) is 11.6 Å². The Kier molecular flexibility index (Phi) is 8.84. The van der Waals surface area contributed by atoms with Gasteiger partial charge in [0.25, 0.3) is 5.91 Å². The first kappa shape index (κ1) is 27.7. The molecule has 0 bridgehead atoms. The second-order valence-electron chi connectivity index (χ2n) is 8.38. The number of nitrogens with zero attached hydrogens (tertiary/aromatic N) is 7. The van der Waals surface area contributed by atoms with E-state index in [9.17, 15) is 9.18 Å². The number of carbonyl (C=O) groups excluding carboxylic acids is 1. The van der Waals surface area contributed by atoms with E-state index in [1.165, 1.54) is 16.8 Å². The van der Waals surface area contributed by atoms with Crippen molar-refractivity contribution in [3.8, 4) is 11.6 Å². The molecule has 2 aromatic heterocycles. The summed E-state index contributed by atoms with van der Waals surface area (Å²) in [4.78, 5) is 15.3. The fourth-order valence-corrected chi connectivity index (χ4v) is 3.88. The Balaban J connectivity index is 1.49. The molecular formula is C25H27ClFN9O3. The molecule has 0 atom stereocenters. The van der Waals surface area contributed by atoms with E-state index in [0.29, 0.717) is 28.7 Å². The molecule has 0 saturated carbocycles. The van der Waals surface area contributed by atoms with Crippen LogP contribution in [-0.2, 0) is 13.2 Å². The van der Waals surface area contributed by atoms with Crippen LogP contribution in [0.25, 0.3) is 5.82 Å². The van der Waals surface area contributed by atoms with Crippen molar-refractivity contribution < 1.29 is 18.6 Å². The molecule has 12 nitrogen and oxygen atoms in total. The summed E-state index contributed by atoms with van der Waals surface area (Å²) >= 11 is 6.06. The molecule has 0 aliphatic rings. The molecular weight excluding hydrogens is 529 g/mol. The Labute approximate surface area is 228 Å². The second kappa shape index (κ2) is 12.5. The fourth-order valence-electron chi connectivity index (χ4n) is 3.66. The molecule has 0 radical (unpaired) electrons. The van der Waals surface area contributed by atoms with Crippen molar-refractivity contribution in [2.45, 2.75) is 33.9 Å². The molecule has 4 rings (SSSR count). The number of carbonyl (C=O) groups is 1. The van der Waals surface area contributed by atoms with E-state index in [2.05, 4.69) is 40.7 Å². The molecule has 2 heterocycles. The standard InChI is InChI=1S/C25H27ClFN9O3/c1-4-35(5-2)13-21-22(36(34-30-21)24-23(28)32-39-33-24)25(37)31-29-15(3)16-9-11-17(12-10-16)38-14-18-19(26)7-6-8-20(18)27/h6-12H,4-5,13-14H2,1-3H3,(H2,28,32)(H,31,37)/b29-15+. The monoisotopic (exact) mass is 555 g/mol. The van der Waals surface area contributed by atoms with E-state index in [0.717, 1.165) is 18.7 Å². The van der Waals surface area contributed by atoms with Crippen LogP contribution in [0.4, 0.5) is 10.2 Å². The molecule has 0 aliphatic heterocycles. The van der Waals surface area contributed by atoms with Gasteiger partial charge in [-0.25, -0.2) is 14.4 Å². The van der Waals surface area contributed by atoms with Crippen LogP contribution < -0.4 is 15.9 Å². The number of hydrogen-bond donors (Lipinski definition) is 2. The molecule has 2 aromatic carbocycles. The van der Waals surface area contributed by atoms with E-state index < -0.39 is 11.7 Å². The van der Waals surface area contributed by atoms with E-state index in [4.69, 9.17) is 22.1 Å². The van der Waals surface area contributed by atoms with Gasteiger partial charge in [0.1, 0.15) is 23.9 Å². The van der Waals surface area contributed by atoms with E-state index in [-0.39, 0.29) is 29.5 Å². The predicted molar refractivity (Wildman–Crippen MR) is 142 cm³/mol. The predicted octanol–water partition coefficient (Wildman–Crippen LogP) is 3.60. The zero-order chi connectivity index (χ0) is 27.9. The summed E-state index contributed by atoms with van der Waals surface area (Å²) in [5.74, 6) is -0.471. The summed E-state index contributed by atoms with van der Waals surface area (Å²) < 4.78 is 25.5. The minimum absolute atomic E-state index is 0.0168. The maximum absolute atomic E-state index is 14.0. The lowest BCUT2D eigenvalue weighted by Gasteiger charge is -2.16. The van der Waals surface area contributed by atoms with Gasteiger partial charge in [-0.3, -0.25) is 9.69 Å². The number of aromatic nitrogens is 5. The van der Waals surface area contributed by atoms with Crippen LogP contribution in [-0.4, -0.2) is 54.9 Å². The van der Waals surface area contributed by atoms with Crippen LogP contribution in [0.2, 0.25) is 5.02 Å². The van der Waals surface area contributed by atoms with Crippen molar-refractivity contribution >= 4 is 29.0 Å². The Morgan fingerprint density at radius 2 is 1.95 bits per heavy atom. The minimum atomic E-state index is -0.564. The van der Waals surface area contributed by atoms with Gasteiger partial charge in [-0.15, -0.1) is 5.10 Å². The third-order valence-electron chi connectivity index (χ3n) is 5.96. The third-order valence-corrected chi connectivity index (χ3v) is 6.32. The van der Waals surface area contributed by atoms with Crippen LogP contribution in [0, 0.1) is 5.82 Å². The summed E-state index contributed by atoms with van der Waals surface area (Å²) in [6, 6.07) is 11.4. The molecule has 0 aliphatic carbocycles. The number of hydrogen-bond acceptors (Lipinski definition) is 10. The lowest BCUT2D eigenvalue weighted by atomic mass is 10.1. The number of rotatable bonds is 11. The Morgan fingerprint density at radius 1 is 1.21 bits per heavy atom. The number of nitrogen functional groups attached to an aromatic ring is 1. The van der Waals surface area contributed by atoms with E-state index in [1.807, 2.05) is 13.8 Å². The van der Waals surface area contributed by atoms with Crippen molar-refractivity contribution in [1.82, 2.24) is 35.6 Å². The lowest BCUT2D eigenvalue weighted by molar-refractivity contribution is 0.0944. The zero-order valence-corrected chi connectivity index (χ0v) is 22.3. The number of ether oxygens (including phenoxy) is 1. The number of hydrazone groups is 1. The highest BCUT2D eigenvalue weighted by Gasteiger charge is 2.26. The summed E-state index contributed by atoms with van der Waals surface area (Å²) in [5, 5.41) is 20.0. The highest BCUT2D eigenvalue weighted by molar-refractivity contribution is 6.31. The maximum Gasteiger partial charge on any atom is 0.292 e. The summed E-state index contributed by atoms with van der Waals surface area (Å²) in [5.41, 5.74) is 10.4. The SMILES string of the molecule is CCN(CC)Cc1nnn(-c2nonc2N)c1C(=O)N/N=C(\C)c1ccc(OCc2c(F)cccc2Cl)cc1. The number of nitrogens with two attached hydrogens (primary N) is 1. The van der Waals surface area contributed by atoms with Crippen molar-refractivity contribution in [1.29, 1.82) is 0 Å². The van der Waals surface area contributed by atoms with Crippen molar-refractivity contribution in [2.24, 2.45) is 5.10 Å². The number of halogens is 2. The summed E-state index contributed by atoms with van der Waals surface area (Å²) in [6.45, 7) is 7.62. The second-order valence-corrected chi connectivity index (χ2v) is 8.79. The topological polar surface area (TPSA) is 150 Å². The number of anilines is 1. The van der Waals surface area contributed by atoms with Gasteiger partial charge in [-0.1, -0.05) is 36.7 Å². The van der Waals surface area contributed by atoms with Crippen LogP contribution >= 0.6 is 11.6 Å². The summed E-state index contributed by atoms with van der Waals surface area (Å²) in [6.07, 6.45) is 0. The average Bonchev–Trinajstić information content (AvgIpc) is 3.55. The highest BCUT2D eigenvalue weighted by Crippen LogP contribution is 2.22. The van der Waals surface area contributed by atoms with Crippen LogP contribution in [0.3, 0.4) is 0 Å². The minimum Gasteiger partial charge on any atom is -0.489 e. The van der Waals surface area contributed by atoms with E-state index >= 15 is 0 Å². The van der Waals surface area contributed by atoms with Gasteiger partial charge in [0.05, 0.1) is 10.7 Å². The summed E-state index contributed by atoms with van der Waals surface area (Å²) in [7, 11) is 0. The Bertz CT molecular complexity index is 1450. The Hall–Kier alpha value is -4.36. The molecule has 4 aromatic rings. The first-order valence-electron chi connectivity index (χ1n) is 12.1. The largest absolute Gasteiger partial charge is 0.489 e. The van der Waals surface area contributed by atoms with Gasteiger partial charge in [-0.05, 0) is 72.3 Å². The number of nitrogens with one attached hydrogen (secondary N) is 1. The molecule has 0 fully saturated rings. The van der Waals surface area contributed by atoms with Gasteiger partial charge in [0.15, 0.2) is 5.69 Å². The average molecular weight is 556 g/mol. The van der Waals surface area contributed by atoms with Crippen molar-refractivity contribution in [2.75, 3.05) is 18.8 Å². The first-order chi connectivity index (χ1) is 18.8. The quantitative estimate of drug-likeness (QED) is 0.209. The molecule has 14 heteroatoms. The zero-order valence-electron chi connectivity index (χ0n) is 21.6. The van der Waals surface area contributed by atoms with Crippen molar-refractivity contribution in [3.05, 3.63) is 75.8 Å². The van der Waals surface area contributed by atoms with Crippen molar-refractivity contribution in [3.63, 3.8) is 0 Å². The smallest absolute Gasteiger partial charge is 0.292 e. The number of amides is 1. The molecule has 1 amide bonds. The molecule has 0 spiro atoms. The molecule has 3 N–H and O–H groups in total. The number of benzene rings is 2. The normalized spacial score (nSPS) is 11.7. The van der Waals surface area contributed by atoms with Crippen LogP contribution in [0.5, 0.6) is 5.75 Å². The first-order valence-corrected chi connectivity index (χ1v) is 12.5. The molecule has 39 heavy (non-hydrogen) atoms. The Morgan fingerprint density at radius 3 is 2.59 bits per heavy atom. The lowest BCUT2D eigenvalue weighted by Crippen LogP contribution is -2.27. The third kappa shape index (κ3) is 6.38. The fraction of sp³-hybridized carbons (Fsp3) is 0.280. The van der Waals surface area contributed by atoms with Gasteiger partial charge >= 0.3 is 0 Å². The molecule has 204 valence electrons. The highest BCUT2D eigenvalue weighted by atomic mass is 35.5. The molecule has 0 unspecified atom stereocenters. The van der Waals surface area contributed by atoms with Crippen LogP contribution in [0.1, 0.15) is 48.1 Å². The van der Waals surface area contributed by atoms with E-state index in [1.54, 1.807) is 37.3 Å². The van der Waals surface area contributed by atoms with Gasteiger partial charge in [0, 0.05) is 12.1 Å². The maximum atomic E-state index is 14.0. The van der Waals surface area contributed by atoms with Gasteiger partial charge < -0.3 is 10.5 Å². The van der Waals surface area contributed by atoms with Crippen LogP contribution in [0.15, 0.2) is 52.2 Å². The molecule has 0 saturated heterocycles.